The Bertz CT molecular complexity index is 1110. The molecular formula is C27H31N5O2. The van der Waals surface area contributed by atoms with Gasteiger partial charge in [0.15, 0.2) is 0 Å². The molecule has 1 saturated carbocycles. The van der Waals surface area contributed by atoms with Crippen LogP contribution in [0.3, 0.4) is 0 Å². The van der Waals surface area contributed by atoms with Gasteiger partial charge in [0.25, 0.3) is 5.91 Å². The van der Waals surface area contributed by atoms with Crippen LogP contribution in [0.4, 0.5) is 22.9 Å². The van der Waals surface area contributed by atoms with Crippen molar-refractivity contribution in [2.45, 2.75) is 31.7 Å². The van der Waals surface area contributed by atoms with Gasteiger partial charge in [-0.15, -0.1) is 0 Å². The molecule has 5 rings (SSSR count). The molecule has 3 aromatic rings. The number of hydrogen-bond acceptors (Lipinski definition) is 6. The minimum absolute atomic E-state index is 0.354. The second kappa shape index (κ2) is 10.1. The first-order chi connectivity index (χ1) is 16.7. The summed E-state index contributed by atoms with van der Waals surface area (Å²) in [5.74, 6) is 1.03. The molecule has 34 heavy (non-hydrogen) atoms. The Labute approximate surface area is 200 Å². The van der Waals surface area contributed by atoms with E-state index in [1.807, 2.05) is 48.5 Å². The molecule has 176 valence electrons. The van der Waals surface area contributed by atoms with Crippen LogP contribution in [-0.2, 0) is 0 Å². The van der Waals surface area contributed by atoms with Crippen molar-refractivity contribution in [1.29, 1.82) is 0 Å². The van der Waals surface area contributed by atoms with E-state index >= 15 is 0 Å². The highest BCUT2D eigenvalue weighted by Crippen LogP contribution is 2.40. The summed E-state index contributed by atoms with van der Waals surface area (Å²) in [7, 11) is 0. The highest BCUT2D eigenvalue weighted by atomic mass is 16.5. The molecule has 1 aromatic heterocycles. The van der Waals surface area contributed by atoms with Crippen molar-refractivity contribution in [3.63, 3.8) is 0 Å². The summed E-state index contributed by atoms with van der Waals surface area (Å²) < 4.78 is 5.90. The standard InChI is InChI=1S/C27H31N5O2/c28-27(33)24-19-29-26(18-25(24)32(22-10-11-22)21-6-2-1-3-7-21)30-20-8-12-23(13-9-20)34-17-16-31-14-4-5-15-31/h1-3,6-9,12-13,18-19,22H,4-5,10-11,14-17H2,(H2,28,33)(H,29,30). The third-order valence-corrected chi connectivity index (χ3v) is 6.36. The van der Waals surface area contributed by atoms with Crippen LogP contribution in [0, 0.1) is 0 Å². The first kappa shape index (κ1) is 22.2. The molecule has 0 atom stereocenters. The number of aromatic nitrogens is 1. The second-order valence-corrected chi connectivity index (χ2v) is 8.93. The van der Waals surface area contributed by atoms with E-state index in [4.69, 9.17) is 10.5 Å². The van der Waals surface area contributed by atoms with Gasteiger partial charge in [-0.05, 0) is 75.2 Å². The summed E-state index contributed by atoms with van der Waals surface area (Å²) in [6.07, 6.45) is 6.31. The van der Waals surface area contributed by atoms with Crippen molar-refractivity contribution >= 4 is 28.8 Å². The Morgan fingerprint density at radius 2 is 1.82 bits per heavy atom. The second-order valence-electron chi connectivity index (χ2n) is 8.93. The van der Waals surface area contributed by atoms with E-state index in [1.165, 1.54) is 25.9 Å². The molecule has 1 aliphatic carbocycles. The number of anilines is 4. The highest BCUT2D eigenvalue weighted by molar-refractivity contribution is 6.00. The predicted molar refractivity (Wildman–Crippen MR) is 135 cm³/mol. The maximum atomic E-state index is 12.2. The van der Waals surface area contributed by atoms with Gasteiger partial charge in [-0.1, -0.05) is 18.2 Å². The molecule has 1 amide bonds. The van der Waals surface area contributed by atoms with Crippen LogP contribution in [0.2, 0.25) is 0 Å². The highest BCUT2D eigenvalue weighted by Gasteiger charge is 2.32. The maximum Gasteiger partial charge on any atom is 0.252 e. The molecular weight excluding hydrogens is 426 g/mol. The predicted octanol–water partition coefficient (Wildman–Crippen LogP) is 4.70. The fraction of sp³-hybridized carbons (Fsp3) is 0.333. The number of rotatable bonds is 10. The fourth-order valence-electron chi connectivity index (χ4n) is 4.45. The van der Waals surface area contributed by atoms with Gasteiger partial charge in [0.1, 0.15) is 18.2 Å². The van der Waals surface area contributed by atoms with Gasteiger partial charge in [-0.2, -0.15) is 0 Å². The number of likely N-dealkylation sites (tertiary alicyclic amines) is 1. The molecule has 2 aliphatic rings. The largest absolute Gasteiger partial charge is 0.492 e. The number of benzene rings is 2. The normalized spacial score (nSPS) is 15.8. The van der Waals surface area contributed by atoms with E-state index < -0.39 is 5.91 Å². The number of ether oxygens (including phenoxy) is 1. The number of carbonyl (C=O) groups is 1. The van der Waals surface area contributed by atoms with Gasteiger partial charge in [-0.3, -0.25) is 9.69 Å². The zero-order valence-electron chi connectivity index (χ0n) is 19.3. The quantitative estimate of drug-likeness (QED) is 0.459. The van der Waals surface area contributed by atoms with Gasteiger partial charge in [0.05, 0.1) is 11.3 Å². The number of amides is 1. The molecule has 1 saturated heterocycles. The fourth-order valence-corrected chi connectivity index (χ4v) is 4.45. The lowest BCUT2D eigenvalue weighted by Gasteiger charge is -2.27. The Balaban J connectivity index is 1.31. The minimum atomic E-state index is -0.480. The number of primary amides is 1. The number of nitrogens with two attached hydrogens (primary N) is 1. The van der Waals surface area contributed by atoms with Crippen LogP contribution in [0.25, 0.3) is 0 Å². The van der Waals surface area contributed by atoms with E-state index in [0.29, 0.717) is 24.0 Å². The molecule has 2 heterocycles. The van der Waals surface area contributed by atoms with Crippen LogP contribution in [0.1, 0.15) is 36.0 Å². The molecule has 2 fully saturated rings. The van der Waals surface area contributed by atoms with Gasteiger partial charge < -0.3 is 20.7 Å². The zero-order valence-corrected chi connectivity index (χ0v) is 19.3. The average molecular weight is 458 g/mol. The van der Waals surface area contributed by atoms with E-state index in [9.17, 15) is 4.79 Å². The molecule has 1 aliphatic heterocycles. The summed E-state index contributed by atoms with van der Waals surface area (Å²) in [5, 5.41) is 3.35. The molecule has 0 unspecified atom stereocenters. The van der Waals surface area contributed by atoms with E-state index in [1.54, 1.807) is 6.20 Å². The first-order valence-electron chi connectivity index (χ1n) is 12.0. The molecule has 0 radical (unpaired) electrons. The molecule has 7 heteroatoms. The van der Waals surface area contributed by atoms with Gasteiger partial charge >= 0.3 is 0 Å². The molecule has 0 spiro atoms. The van der Waals surface area contributed by atoms with Crippen LogP contribution < -0.4 is 20.7 Å². The van der Waals surface area contributed by atoms with Crippen LogP contribution in [0.5, 0.6) is 5.75 Å². The third-order valence-electron chi connectivity index (χ3n) is 6.36. The summed E-state index contributed by atoms with van der Waals surface area (Å²) in [6.45, 7) is 4.02. The number of nitrogens with zero attached hydrogens (tertiary/aromatic N) is 3. The van der Waals surface area contributed by atoms with Crippen LogP contribution in [-0.4, -0.2) is 48.1 Å². The molecule has 7 nitrogen and oxygen atoms in total. The van der Waals surface area contributed by atoms with Gasteiger partial charge in [0, 0.05) is 36.2 Å². The molecule has 0 bridgehead atoms. The Morgan fingerprint density at radius 1 is 1.09 bits per heavy atom. The average Bonchev–Trinajstić information content (AvgIpc) is 3.54. The lowest BCUT2D eigenvalue weighted by molar-refractivity contribution is 0.100. The molecule has 3 N–H and O–H groups in total. The monoisotopic (exact) mass is 457 g/mol. The smallest absolute Gasteiger partial charge is 0.252 e. The number of nitrogens with one attached hydrogen (secondary N) is 1. The van der Waals surface area contributed by atoms with Crippen molar-refractivity contribution in [2.24, 2.45) is 5.73 Å². The minimum Gasteiger partial charge on any atom is -0.492 e. The maximum absolute atomic E-state index is 12.2. The third kappa shape index (κ3) is 5.31. The van der Waals surface area contributed by atoms with Gasteiger partial charge in [-0.25, -0.2) is 4.98 Å². The summed E-state index contributed by atoms with van der Waals surface area (Å²) >= 11 is 0. The summed E-state index contributed by atoms with van der Waals surface area (Å²) in [6, 6.07) is 20.2. The topological polar surface area (TPSA) is 83.7 Å². The van der Waals surface area contributed by atoms with Crippen molar-refractivity contribution < 1.29 is 9.53 Å². The SMILES string of the molecule is NC(=O)c1cnc(Nc2ccc(OCCN3CCCC3)cc2)cc1N(c1ccccc1)C1CC1. The Morgan fingerprint density at radius 3 is 2.50 bits per heavy atom. The number of carbonyl (C=O) groups excluding carboxylic acids is 1. The van der Waals surface area contributed by atoms with E-state index in [0.717, 1.165) is 42.2 Å². The summed E-state index contributed by atoms with van der Waals surface area (Å²) in [5.41, 5.74) is 8.84. The summed E-state index contributed by atoms with van der Waals surface area (Å²) in [4.78, 5) is 21.3. The van der Waals surface area contributed by atoms with Gasteiger partial charge in [0.2, 0.25) is 0 Å². The Hall–Kier alpha value is -3.58. The number of pyridine rings is 1. The van der Waals surface area contributed by atoms with E-state index in [2.05, 4.69) is 32.2 Å². The van der Waals surface area contributed by atoms with Crippen LogP contribution in [0.15, 0.2) is 66.9 Å². The first-order valence-corrected chi connectivity index (χ1v) is 12.0. The lowest BCUT2D eigenvalue weighted by atomic mass is 10.1. The number of para-hydroxylation sites is 1. The zero-order chi connectivity index (χ0) is 23.3. The van der Waals surface area contributed by atoms with E-state index in [-0.39, 0.29) is 0 Å². The van der Waals surface area contributed by atoms with Crippen molar-refractivity contribution in [2.75, 3.05) is 36.5 Å². The number of hydrogen-bond donors (Lipinski definition) is 2. The van der Waals surface area contributed by atoms with Crippen molar-refractivity contribution in [3.05, 3.63) is 72.4 Å². The Kier molecular flexibility index (Phi) is 6.62. The molecule has 2 aromatic carbocycles. The van der Waals surface area contributed by atoms with Crippen LogP contribution >= 0.6 is 0 Å². The lowest BCUT2D eigenvalue weighted by Crippen LogP contribution is -2.25. The van der Waals surface area contributed by atoms with Crippen molar-refractivity contribution in [3.8, 4) is 5.75 Å². The van der Waals surface area contributed by atoms with Crippen molar-refractivity contribution in [1.82, 2.24) is 9.88 Å².